The molecule has 0 aromatic heterocycles. The van der Waals surface area contributed by atoms with Gasteiger partial charge in [0.2, 0.25) is 0 Å². The maximum absolute atomic E-state index is 12.3. The van der Waals surface area contributed by atoms with E-state index in [1.807, 2.05) is 18.9 Å². The number of hydrogen-bond acceptors (Lipinski definition) is 3. The Kier molecular flexibility index (Phi) is 6.84. The predicted octanol–water partition coefficient (Wildman–Crippen LogP) is 6.27. The summed E-state index contributed by atoms with van der Waals surface area (Å²) in [5.41, 5.74) is 1.73. The van der Waals surface area contributed by atoms with E-state index in [4.69, 9.17) is 23.2 Å². The van der Waals surface area contributed by atoms with Crippen molar-refractivity contribution < 1.29 is 17.9 Å². The van der Waals surface area contributed by atoms with Crippen molar-refractivity contribution in [3.05, 3.63) is 46.4 Å². The van der Waals surface area contributed by atoms with Crippen molar-refractivity contribution in [3.8, 4) is 5.75 Å². The molecule has 0 unspecified atom stereocenters. The van der Waals surface area contributed by atoms with E-state index in [2.05, 4.69) is 9.73 Å². The van der Waals surface area contributed by atoms with Crippen molar-refractivity contribution >= 4 is 46.6 Å². The first-order valence-corrected chi connectivity index (χ1v) is 8.69. The summed E-state index contributed by atoms with van der Waals surface area (Å²) in [6.45, 7) is 2.79. The number of nitrogens with zero attached hydrogens (tertiary/aromatic N) is 3. The molecule has 0 amide bonds. The highest BCUT2D eigenvalue weighted by Gasteiger charge is 2.31. The van der Waals surface area contributed by atoms with Gasteiger partial charge < -0.3 is 14.5 Å². The Hall–Kier alpha value is -2.12. The lowest BCUT2D eigenvalue weighted by atomic mass is 10.2. The molecular formula is C18H18Cl2F3N3O. The highest BCUT2D eigenvalue weighted by atomic mass is 35.5. The van der Waals surface area contributed by atoms with E-state index >= 15 is 0 Å². The van der Waals surface area contributed by atoms with Crippen molar-refractivity contribution in [2.24, 2.45) is 4.99 Å². The summed E-state index contributed by atoms with van der Waals surface area (Å²) in [4.78, 5) is 7.89. The number of rotatable bonds is 6. The first-order chi connectivity index (χ1) is 12.6. The van der Waals surface area contributed by atoms with E-state index < -0.39 is 6.36 Å². The molecule has 0 radical (unpaired) electrons. The Balaban J connectivity index is 2.24. The highest BCUT2D eigenvalue weighted by molar-refractivity contribution is 6.37. The summed E-state index contributed by atoms with van der Waals surface area (Å²) >= 11 is 12.6. The molecule has 2 aromatic carbocycles. The van der Waals surface area contributed by atoms with Crippen LogP contribution in [0.5, 0.6) is 5.75 Å². The highest BCUT2D eigenvalue weighted by Crippen LogP contribution is 2.38. The van der Waals surface area contributed by atoms with Crippen LogP contribution < -0.4 is 9.64 Å². The Bertz CT molecular complexity index is 811. The van der Waals surface area contributed by atoms with Gasteiger partial charge in [0.15, 0.2) is 0 Å². The molecule has 0 N–H and O–H groups in total. The van der Waals surface area contributed by atoms with Gasteiger partial charge in [-0.3, -0.25) is 0 Å². The summed E-state index contributed by atoms with van der Waals surface area (Å²) in [5.74, 6) is -0.298. The third-order valence-electron chi connectivity index (χ3n) is 3.73. The summed E-state index contributed by atoms with van der Waals surface area (Å²) in [7, 11) is 3.61. The molecule has 9 heteroatoms. The van der Waals surface area contributed by atoms with Crippen LogP contribution in [0, 0.1) is 0 Å². The fraction of sp³-hybridized carbons (Fsp3) is 0.278. The zero-order valence-electron chi connectivity index (χ0n) is 14.9. The summed E-state index contributed by atoms with van der Waals surface area (Å²) in [5, 5.41) is 0.808. The molecule has 0 saturated heterocycles. The van der Waals surface area contributed by atoms with Gasteiger partial charge in [0.25, 0.3) is 0 Å². The van der Waals surface area contributed by atoms with E-state index in [0.29, 0.717) is 27.1 Å². The molecule has 0 spiro atoms. The zero-order valence-corrected chi connectivity index (χ0v) is 16.4. The molecule has 0 atom stereocenters. The monoisotopic (exact) mass is 419 g/mol. The van der Waals surface area contributed by atoms with Gasteiger partial charge in [0.1, 0.15) is 5.75 Å². The number of ether oxygens (including phenoxy) is 1. The minimum atomic E-state index is -4.73. The van der Waals surface area contributed by atoms with Crippen LogP contribution in [0.4, 0.5) is 30.2 Å². The van der Waals surface area contributed by atoms with Crippen molar-refractivity contribution in [1.82, 2.24) is 4.90 Å². The quantitative estimate of drug-likeness (QED) is 0.407. The van der Waals surface area contributed by atoms with E-state index in [1.165, 1.54) is 24.3 Å². The van der Waals surface area contributed by atoms with Gasteiger partial charge in [0.05, 0.1) is 27.8 Å². The van der Waals surface area contributed by atoms with Gasteiger partial charge in [-0.25, -0.2) is 4.99 Å². The van der Waals surface area contributed by atoms with Crippen LogP contribution in [0.2, 0.25) is 10.0 Å². The molecule has 0 aliphatic carbocycles. The van der Waals surface area contributed by atoms with Crippen LogP contribution in [0.1, 0.15) is 6.92 Å². The number of alkyl halides is 3. The maximum atomic E-state index is 12.3. The predicted molar refractivity (Wildman–Crippen MR) is 104 cm³/mol. The molecule has 146 valence electrons. The normalized spacial score (nSPS) is 11.7. The smallest absolute Gasteiger partial charge is 0.406 e. The number of benzene rings is 2. The SMILES string of the molecule is CCN(C)C=Nc1cc(Cl)c(N(C)c2ccc(OC(F)(F)F)cc2)cc1Cl. The summed E-state index contributed by atoms with van der Waals surface area (Å²) in [6.07, 6.45) is -3.08. The zero-order chi connectivity index (χ0) is 20.2. The lowest BCUT2D eigenvalue weighted by Gasteiger charge is -2.22. The van der Waals surface area contributed by atoms with E-state index in [1.54, 1.807) is 30.4 Å². The van der Waals surface area contributed by atoms with Crippen molar-refractivity contribution in [1.29, 1.82) is 0 Å². The average molecular weight is 420 g/mol. The summed E-state index contributed by atoms with van der Waals surface area (Å²) < 4.78 is 40.6. The molecule has 4 nitrogen and oxygen atoms in total. The fourth-order valence-electron chi connectivity index (χ4n) is 2.13. The van der Waals surface area contributed by atoms with Crippen LogP contribution >= 0.6 is 23.2 Å². The fourth-order valence-corrected chi connectivity index (χ4v) is 2.63. The van der Waals surface area contributed by atoms with Crippen LogP contribution in [-0.2, 0) is 0 Å². The second-order valence-electron chi connectivity index (χ2n) is 5.67. The van der Waals surface area contributed by atoms with Gasteiger partial charge in [-0.1, -0.05) is 23.2 Å². The Morgan fingerprint density at radius 2 is 1.70 bits per heavy atom. The van der Waals surface area contributed by atoms with E-state index in [0.717, 1.165) is 6.54 Å². The van der Waals surface area contributed by atoms with Gasteiger partial charge >= 0.3 is 6.36 Å². The van der Waals surface area contributed by atoms with Gasteiger partial charge in [-0.2, -0.15) is 0 Å². The Morgan fingerprint density at radius 1 is 1.07 bits per heavy atom. The Labute approximate surface area is 165 Å². The van der Waals surface area contributed by atoms with E-state index in [-0.39, 0.29) is 5.75 Å². The standard InChI is InChI=1S/C18H18Cl2F3N3O/c1-4-25(2)11-24-16-9-15(20)17(10-14(16)19)26(3)12-5-7-13(8-6-12)27-18(21,22)23/h5-11H,4H2,1-3H3. The van der Waals surface area contributed by atoms with Crippen LogP contribution in [0.25, 0.3) is 0 Å². The van der Waals surface area contributed by atoms with Crippen molar-refractivity contribution in [3.63, 3.8) is 0 Å². The third-order valence-corrected chi connectivity index (χ3v) is 4.33. The van der Waals surface area contributed by atoms with Crippen LogP contribution in [0.3, 0.4) is 0 Å². The van der Waals surface area contributed by atoms with Gasteiger partial charge in [-0.05, 0) is 43.3 Å². The lowest BCUT2D eigenvalue weighted by molar-refractivity contribution is -0.274. The first kappa shape index (κ1) is 21.2. The number of anilines is 2. The number of halogens is 5. The maximum Gasteiger partial charge on any atom is 0.573 e. The van der Waals surface area contributed by atoms with Crippen molar-refractivity contribution in [2.75, 3.05) is 25.5 Å². The molecule has 2 aromatic rings. The first-order valence-electron chi connectivity index (χ1n) is 7.93. The molecule has 0 heterocycles. The molecule has 0 aliphatic heterocycles. The average Bonchev–Trinajstić information content (AvgIpc) is 2.60. The second kappa shape index (κ2) is 8.71. The van der Waals surface area contributed by atoms with Crippen LogP contribution in [-0.4, -0.2) is 38.2 Å². The summed E-state index contributed by atoms with van der Waals surface area (Å²) in [6, 6.07) is 8.74. The molecule has 27 heavy (non-hydrogen) atoms. The minimum Gasteiger partial charge on any atom is -0.406 e. The molecule has 0 saturated carbocycles. The van der Waals surface area contributed by atoms with Gasteiger partial charge in [0, 0.05) is 26.3 Å². The second-order valence-corrected chi connectivity index (χ2v) is 6.49. The topological polar surface area (TPSA) is 28.1 Å². The van der Waals surface area contributed by atoms with E-state index in [9.17, 15) is 13.2 Å². The molecular weight excluding hydrogens is 402 g/mol. The Morgan fingerprint density at radius 3 is 2.26 bits per heavy atom. The van der Waals surface area contributed by atoms with Crippen molar-refractivity contribution in [2.45, 2.75) is 13.3 Å². The number of hydrogen-bond donors (Lipinski definition) is 0. The minimum absolute atomic E-state index is 0.298. The molecule has 0 bridgehead atoms. The third kappa shape index (κ3) is 5.94. The lowest BCUT2D eigenvalue weighted by Crippen LogP contribution is -2.17. The molecule has 0 aliphatic rings. The molecule has 2 rings (SSSR count). The van der Waals surface area contributed by atoms with Crippen LogP contribution in [0.15, 0.2) is 41.4 Å². The number of aliphatic imine (C=N–C) groups is 1. The van der Waals surface area contributed by atoms with Gasteiger partial charge in [-0.15, -0.1) is 13.2 Å². The molecule has 0 fully saturated rings. The largest absolute Gasteiger partial charge is 0.573 e.